The van der Waals surface area contributed by atoms with Crippen LogP contribution in [0.3, 0.4) is 0 Å². The number of nitrogens with zero attached hydrogens (tertiary/aromatic N) is 1. The Kier molecular flexibility index (Phi) is 6.00. The van der Waals surface area contributed by atoms with Gasteiger partial charge in [0.25, 0.3) is 0 Å². The molecule has 9 heteroatoms. The summed E-state index contributed by atoms with van der Waals surface area (Å²) in [4.78, 5) is 15.6. The van der Waals surface area contributed by atoms with Crippen LogP contribution in [-0.4, -0.2) is 45.5 Å². The van der Waals surface area contributed by atoms with E-state index >= 15 is 0 Å². The highest BCUT2D eigenvalue weighted by atomic mass is 16.7. The molecule has 0 saturated heterocycles. The summed E-state index contributed by atoms with van der Waals surface area (Å²) in [5.74, 6) is 4.17. The van der Waals surface area contributed by atoms with Gasteiger partial charge in [0.05, 0.1) is 32.5 Å². The summed E-state index contributed by atoms with van der Waals surface area (Å²) in [7, 11) is 4.63. The van der Waals surface area contributed by atoms with Crippen molar-refractivity contribution in [3.05, 3.63) is 70.0 Å². The molecule has 9 nitrogen and oxygen atoms in total. The molecule has 6 rings (SSSR count). The van der Waals surface area contributed by atoms with Crippen LogP contribution in [-0.2, 0) is 13.1 Å². The zero-order valence-corrected chi connectivity index (χ0v) is 21.6. The van der Waals surface area contributed by atoms with Gasteiger partial charge in [0, 0.05) is 18.7 Å². The molecule has 196 valence electrons. The van der Waals surface area contributed by atoms with E-state index in [9.17, 15) is 4.79 Å². The zero-order chi connectivity index (χ0) is 26.4. The van der Waals surface area contributed by atoms with Gasteiger partial charge in [0.1, 0.15) is 18.2 Å². The third kappa shape index (κ3) is 3.95. The first-order valence-electron chi connectivity index (χ1n) is 12.1. The lowest BCUT2D eigenvalue weighted by Gasteiger charge is -2.30. The van der Waals surface area contributed by atoms with Crippen molar-refractivity contribution in [2.75, 3.05) is 34.9 Å². The molecule has 3 aromatic carbocycles. The number of ketones is 1. The lowest BCUT2D eigenvalue weighted by Crippen LogP contribution is -2.31. The first kappa shape index (κ1) is 24.0. The van der Waals surface area contributed by atoms with Gasteiger partial charge in [-0.25, -0.2) is 0 Å². The van der Waals surface area contributed by atoms with Gasteiger partial charge in [-0.05, 0) is 54.5 Å². The number of carbonyl (C=O) groups excluding carboxylic acids is 1. The maximum atomic E-state index is 13.5. The summed E-state index contributed by atoms with van der Waals surface area (Å²) in [6.07, 6.45) is 1.67. The van der Waals surface area contributed by atoms with Crippen molar-refractivity contribution >= 4 is 11.9 Å². The Morgan fingerprint density at radius 1 is 0.921 bits per heavy atom. The number of fused-ring (bicyclic) bond motifs is 4. The van der Waals surface area contributed by atoms with Crippen LogP contribution in [0.15, 0.2) is 42.2 Å². The number of benzene rings is 3. The van der Waals surface area contributed by atoms with Gasteiger partial charge >= 0.3 is 0 Å². The number of carbonyl (C=O) groups is 1. The monoisotopic (exact) mass is 517 g/mol. The minimum Gasteiger partial charge on any atom is -0.493 e. The van der Waals surface area contributed by atoms with Crippen molar-refractivity contribution in [1.82, 2.24) is 4.90 Å². The average molecular weight is 518 g/mol. The van der Waals surface area contributed by atoms with Crippen LogP contribution in [0.4, 0.5) is 0 Å². The van der Waals surface area contributed by atoms with Gasteiger partial charge in [-0.1, -0.05) is 6.07 Å². The molecule has 3 aliphatic heterocycles. The topological polar surface area (TPSA) is 84.9 Å². The van der Waals surface area contributed by atoms with Gasteiger partial charge in [0.15, 0.2) is 28.8 Å². The highest BCUT2D eigenvalue weighted by molar-refractivity contribution is 6.16. The van der Waals surface area contributed by atoms with Gasteiger partial charge in [-0.15, -0.1) is 0 Å². The number of allylic oxidation sites excluding steroid dienone is 1. The maximum absolute atomic E-state index is 13.5. The molecule has 0 aliphatic carbocycles. The van der Waals surface area contributed by atoms with Crippen molar-refractivity contribution in [2.24, 2.45) is 0 Å². The second kappa shape index (κ2) is 9.50. The number of Topliss-reactive ketones (excluding diaryl/α,β-unsaturated/α-hetero) is 1. The maximum Gasteiger partial charge on any atom is 0.232 e. The van der Waals surface area contributed by atoms with Crippen molar-refractivity contribution in [3.8, 4) is 40.2 Å². The first-order chi connectivity index (χ1) is 18.5. The van der Waals surface area contributed by atoms with Gasteiger partial charge < -0.3 is 33.2 Å². The minimum atomic E-state index is -0.190. The summed E-state index contributed by atoms with van der Waals surface area (Å²) < 4.78 is 39.7. The van der Waals surface area contributed by atoms with Gasteiger partial charge in [-0.3, -0.25) is 9.69 Å². The number of methoxy groups -OCH3 is 3. The van der Waals surface area contributed by atoms with Crippen molar-refractivity contribution in [2.45, 2.75) is 20.0 Å². The van der Waals surface area contributed by atoms with Crippen molar-refractivity contribution in [1.29, 1.82) is 0 Å². The number of aryl methyl sites for hydroxylation is 1. The van der Waals surface area contributed by atoms with E-state index in [2.05, 4.69) is 4.90 Å². The standard InChI is InChI=1S/C29H27NO8/c1-16-9-22-19(13-30(14-35-22)12-17-5-7-20-23(10-17)37-15-36-20)28-25(16)26(31)24(38-28)11-18-6-8-21(32-2)29(34-4)27(18)33-3/h5-11H,12-15H2,1-4H3/b24-11-. The summed E-state index contributed by atoms with van der Waals surface area (Å²) in [5.41, 5.74) is 3.89. The smallest absolute Gasteiger partial charge is 0.232 e. The molecular weight excluding hydrogens is 490 g/mol. The summed E-state index contributed by atoms with van der Waals surface area (Å²) in [5, 5.41) is 0. The fraction of sp³-hybridized carbons (Fsp3) is 0.276. The summed E-state index contributed by atoms with van der Waals surface area (Å²) in [6.45, 7) is 3.74. The Morgan fingerprint density at radius 3 is 2.53 bits per heavy atom. The molecule has 3 heterocycles. The highest BCUT2D eigenvalue weighted by Crippen LogP contribution is 2.46. The quantitative estimate of drug-likeness (QED) is 0.431. The van der Waals surface area contributed by atoms with Crippen LogP contribution in [0.2, 0.25) is 0 Å². The molecule has 3 aliphatic rings. The summed E-state index contributed by atoms with van der Waals surface area (Å²) in [6, 6.07) is 11.4. The van der Waals surface area contributed by atoms with E-state index < -0.39 is 0 Å². The summed E-state index contributed by atoms with van der Waals surface area (Å²) >= 11 is 0. The lowest BCUT2D eigenvalue weighted by molar-refractivity contribution is 0.0871. The second-order valence-corrected chi connectivity index (χ2v) is 9.19. The molecule has 0 bridgehead atoms. The third-order valence-electron chi connectivity index (χ3n) is 6.85. The molecule has 3 aromatic rings. The Bertz CT molecular complexity index is 1480. The fourth-order valence-corrected chi connectivity index (χ4v) is 5.05. The van der Waals surface area contributed by atoms with E-state index in [4.69, 9.17) is 33.2 Å². The van der Waals surface area contributed by atoms with Crippen molar-refractivity contribution in [3.63, 3.8) is 0 Å². The molecule has 0 unspecified atom stereocenters. The Hall–Kier alpha value is -4.37. The Labute approximate surface area is 220 Å². The fourth-order valence-electron chi connectivity index (χ4n) is 5.05. The van der Waals surface area contributed by atoms with Crippen LogP contribution >= 0.6 is 0 Å². The number of hydrogen-bond acceptors (Lipinski definition) is 9. The SMILES string of the molecule is COc1ccc(/C=C2\Oc3c4c(cc(C)c3C2=O)OCN(Cc2ccc3c(c2)OCO3)C4)c(OC)c1OC. The Morgan fingerprint density at radius 2 is 1.74 bits per heavy atom. The Balaban J connectivity index is 1.31. The highest BCUT2D eigenvalue weighted by Gasteiger charge is 2.36. The van der Waals surface area contributed by atoms with Crippen LogP contribution < -0.4 is 33.2 Å². The van der Waals surface area contributed by atoms with Crippen molar-refractivity contribution < 1.29 is 38.0 Å². The average Bonchev–Trinajstić information content (AvgIpc) is 3.53. The molecule has 0 amide bonds. The first-order valence-corrected chi connectivity index (χ1v) is 12.1. The molecule has 0 saturated carbocycles. The molecule has 0 atom stereocenters. The third-order valence-corrected chi connectivity index (χ3v) is 6.85. The van der Waals surface area contributed by atoms with Crippen LogP contribution in [0.5, 0.6) is 40.2 Å². The van der Waals surface area contributed by atoms with Gasteiger partial charge in [0.2, 0.25) is 18.3 Å². The van der Waals surface area contributed by atoms with Crippen LogP contribution in [0.25, 0.3) is 6.08 Å². The molecule has 38 heavy (non-hydrogen) atoms. The molecular formula is C29H27NO8. The van der Waals surface area contributed by atoms with E-state index in [1.807, 2.05) is 31.2 Å². The zero-order valence-electron chi connectivity index (χ0n) is 21.6. The van der Waals surface area contributed by atoms with Crippen LogP contribution in [0, 0.1) is 6.92 Å². The molecule has 0 radical (unpaired) electrons. The predicted octanol–water partition coefficient (Wildman–Crippen LogP) is 4.72. The number of ether oxygens (including phenoxy) is 7. The largest absolute Gasteiger partial charge is 0.493 e. The minimum absolute atomic E-state index is 0.190. The lowest BCUT2D eigenvalue weighted by atomic mass is 9.98. The molecule has 0 aromatic heterocycles. The second-order valence-electron chi connectivity index (χ2n) is 9.19. The molecule has 0 N–H and O–H groups in total. The number of hydrogen-bond donors (Lipinski definition) is 0. The van der Waals surface area contributed by atoms with E-state index in [1.165, 1.54) is 14.2 Å². The molecule has 0 spiro atoms. The van der Waals surface area contributed by atoms with E-state index in [1.54, 1.807) is 25.3 Å². The normalized spacial score (nSPS) is 16.5. The number of rotatable bonds is 6. The van der Waals surface area contributed by atoms with Gasteiger partial charge in [-0.2, -0.15) is 0 Å². The van der Waals surface area contributed by atoms with E-state index in [-0.39, 0.29) is 18.3 Å². The van der Waals surface area contributed by atoms with Crippen LogP contribution in [0.1, 0.15) is 32.6 Å². The van der Waals surface area contributed by atoms with E-state index in [0.717, 1.165) is 33.9 Å². The predicted molar refractivity (Wildman–Crippen MR) is 138 cm³/mol. The molecule has 0 fully saturated rings. The van der Waals surface area contributed by atoms with E-state index in [0.29, 0.717) is 53.9 Å².